The van der Waals surface area contributed by atoms with Crippen LogP contribution in [0.3, 0.4) is 0 Å². The molecule has 0 spiro atoms. The van der Waals surface area contributed by atoms with Gasteiger partial charge in [0.25, 0.3) is 0 Å². The van der Waals surface area contributed by atoms with Gasteiger partial charge >= 0.3 is 5.97 Å². The van der Waals surface area contributed by atoms with Crippen LogP contribution in [0.25, 0.3) is 22.3 Å². The smallest absolute Gasteiger partial charge is 0.333 e. The molecule has 5 aromatic rings. The first-order chi connectivity index (χ1) is 21.1. The summed E-state index contributed by atoms with van der Waals surface area (Å²) in [6.07, 6.45) is 0.0157. The number of carbonyl (C=O) groups is 1. The molecule has 0 amide bonds. The lowest BCUT2D eigenvalue weighted by Crippen LogP contribution is -2.24. The molecule has 0 saturated heterocycles. The molecule has 0 saturated carbocycles. The number of para-hydroxylation sites is 1. The van der Waals surface area contributed by atoms with Crippen molar-refractivity contribution < 1.29 is 28.8 Å². The van der Waals surface area contributed by atoms with Gasteiger partial charge in [0.05, 0.1) is 13.2 Å². The molecule has 0 aliphatic rings. The van der Waals surface area contributed by atoms with Gasteiger partial charge in [-0.05, 0) is 70.8 Å². The maximum Gasteiger partial charge on any atom is 0.333 e. The Kier molecular flexibility index (Phi) is 10.1. The highest BCUT2D eigenvalue weighted by Gasteiger charge is 2.18. The Hall–Kier alpha value is -5.07. The van der Waals surface area contributed by atoms with Crippen LogP contribution in [0.2, 0.25) is 0 Å². The van der Waals surface area contributed by atoms with E-state index in [1.807, 2.05) is 91.0 Å². The zero-order valence-electron chi connectivity index (χ0n) is 24.0. The van der Waals surface area contributed by atoms with Crippen molar-refractivity contribution in [1.82, 2.24) is 0 Å². The second-order valence-electron chi connectivity index (χ2n) is 9.98. The summed E-state index contributed by atoms with van der Waals surface area (Å²) in [6.45, 7) is 0.950. The number of hydrogen-bond acceptors (Lipinski definition) is 5. The van der Waals surface area contributed by atoms with Crippen molar-refractivity contribution in [3.8, 4) is 45.3 Å². The first kappa shape index (κ1) is 29.4. The normalized spacial score (nSPS) is 11.5. The Morgan fingerprint density at radius 1 is 0.651 bits per heavy atom. The molecule has 5 rings (SSSR count). The summed E-state index contributed by atoms with van der Waals surface area (Å²) in [6, 6.07) is 41.5. The van der Waals surface area contributed by atoms with E-state index in [1.165, 1.54) is 7.11 Å². The van der Waals surface area contributed by atoms with Crippen molar-refractivity contribution in [3.05, 3.63) is 133 Å². The molecule has 0 bridgehead atoms. The molecule has 1 N–H and O–H groups in total. The van der Waals surface area contributed by atoms with Gasteiger partial charge in [-0.1, -0.05) is 78.9 Å². The summed E-state index contributed by atoms with van der Waals surface area (Å²) in [5, 5.41) is 9.47. The average Bonchev–Trinajstić information content (AvgIpc) is 3.05. The molecule has 0 heterocycles. The average molecular weight is 575 g/mol. The Bertz CT molecular complexity index is 1580. The van der Waals surface area contributed by atoms with Crippen molar-refractivity contribution in [2.75, 3.05) is 20.3 Å². The molecular formula is C37H34O6. The summed E-state index contributed by atoms with van der Waals surface area (Å²) in [5.41, 5.74) is 4.99. The molecule has 218 valence electrons. The minimum Gasteiger partial charge on any atom is -0.493 e. The van der Waals surface area contributed by atoms with Crippen LogP contribution in [0.1, 0.15) is 12.0 Å². The minimum atomic E-state index is -0.991. The molecule has 0 aliphatic carbocycles. The fraction of sp³-hybridized carbons (Fsp3) is 0.162. The second kappa shape index (κ2) is 14.7. The van der Waals surface area contributed by atoms with E-state index in [1.54, 1.807) is 0 Å². The van der Waals surface area contributed by atoms with Gasteiger partial charge in [-0.3, -0.25) is 0 Å². The quantitative estimate of drug-likeness (QED) is 0.135. The van der Waals surface area contributed by atoms with Gasteiger partial charge in [0.15, 0.2) is 6.10 Å². The highest BCUT2D eigenvalue weighted by Crippen LogP contribution is 2.33. The molecule has 1 unspecified atom stereocenters. The van der Waals surface area contributed by atoms with Crippen LogP contribution in [-0.4, -0.2) is 37.5 Å². The molecule has 0 aliphatic heterocycles. The van der Waals surface area contributed by atoms with Crippen LogP contribution in [0.4, 0.5) is 0 Å². The number of benzene rings is 5. The topological polar surface area (TPSA) is 74.2 Å². The Morgan fingerprint density at radius 2 is 1.23 bits per heavy atom. The van der Waals surface area contributed by atoms with E-state index in [2.05, 4.69) is 36.4 Å². The maximum atomic E-state index is 11.6. The Balaban J connectivity index is 1.22. The summed E-state index contributed by atoms with van der Waals surface area (Å²) in [5.74, 6) is 2.02. The maximum absolute atomic E-state index is 11.6. The standard InChI is InChI=1S/C37H34O6/c1-40-36(37(38)39)26-27-13-22-35(34(25-27)30-16-14-29(15-17-30)28-9-4-2-5-10-28)42-24-8-23-41-31-18-20-33(21-19-31)43-32-11-6-3-7-12-32/h2-7,9-22,25,36H,8,23-24,26H2,1H3,(H,38,39). The van der Waals surface area contributed by atoms with Crippen LogP contribution in [0, 0.1) is 0 Å². The molecular weight excluding hydrogens is 540 g/mol. The SMILES string of the molecule is COC(Cc1ccc(OCCCOc2ccc(Oc3ccccc3)cc2)c(-c2ccc(-c3ccccc3)cc2)c1)C(=O)O. The number of carboxylic acid groups (broad SMARTS) is 1. The molecule has 1 atom stereocenters. The van der Waals surface area contributed by atoms with Gasteiger partial charge in [-0.2, -0.15) is 0 Å². The van der Waals surface area contributed by atoms with Crippen molar-refractivity contribution in [2.45, 2.75) is 18.9 Å². The van der Waals surface area contributed by atoms with Crippen LogP contribution >= 0.6 is 0 Å². The van der Waals surface area contributed by atoms with Gasteiger partial charge < -0.3 is 24.1 Å². The van der Waals surface area contributed by atoms with E-state index in [9.17, 15) is 9.90 Å². The molecule has 0 fully saturated rings. The predicted molar refractivity (Wildman–Crippen MR) is 168 cm³/mol. The van der Waals surface area contributed by atoms with Crippen LogP contribution in [0.15, 0.2) is 127 Å². The minimum absolute atomic E-state index is 0.254. The van der Waals surface area contributed by atoms with E-state index in [4.69, 9.17) is 18.9 Å². The van der Waals surface area contributed by atoms with Crippen LogP contribution < -0.4 is 14.2 Å². The Labute approximate surface area is 252 Å². The number of ether oxygens (including phenoxy) is 4. The summed E-state index contributed by atoms with van der Waals surface area (Å²) in [7, 11) is 1.41. The predicted octanol–water partition coefficient (Wildman–Crippen LogP) is 8.30. The zero-order valence-corrected chi connectivity index (χ0v) is 24.0. The van der Waals surface area contributed by atoms with Gasteiger partial charge in [-0.15, -0.1) is 0 Å². The molecule has 0 radical (unpaired) electrons. The monoisotopic (exact) mass is 574 g/mol. The number of hydrogen-bond donors (Lipinski definition) is 1. The van der Waals surface area contributed by atoms with E-state index >= 15 is 0 Å². The molecule has 6 heteroatoms. The third kappa shape index (κ3) is 8.24. The van der Waals surface area contributed by atoms with Crippen molar-refractivity contribution in [1.29, 1.82) is 0 Å². The highest BCUT2D eigenvalue weighted by molar-refractivity contribution is 5.76. The van der Waals surface area contributed by atoms with E-state index < -0.39 is 12.1 Å². The third-order valence-electron chi connectivity index (χ3n) is 6.95. The van der Waals surface area contributed by atoms with Gasteiger partial charge in [0.2, 0.25) is 0 Å². The lowest BCUT2D eigenvalue weighted by Gasteiger charge is -2.16. The third-order valence-corrected chi connectivity index (χ3v) is 6.95. The van der Waals surface area contributed by atoms with E-state index in [0.717, 1.165) is 50.8 Å². The zero-order chi connectivity index (χ0) is 29.9. The summed E-state index contributed by atoms with van der Waals surface area (Å²) in [4.78, 5) is 11.6. The molecule has 6 nitrogen and oxygen atoms in total. The van der Waals surface area contributed by atoms with Gasteiger partial charge in [0, 0.05) is 25.5 Å². The highest BCUT2D eigenvalue weighted by atomic mass is 16.5. The van der Waals surface area contributed by atoms with Crippen molar-refractivity contribution in [2.24, 2.45) is 0 Å². The fourth-order valence-electron chi connectivity index (χ4n) is 4.67. The van der Waals surface area contributed by atoms with E-state index in [-0.39, 0.29) is 6.42 Å². The number of rotatable bonds is 14. The van der Waals surface area contributed by atoms with Crippen molar-refractivity contribution >= 4 is 5.97 Å². The number of methoxy groups -OCH3 is 1. The van der Waals surface area contributed by atoms with Gasteiger partial charge in [-0.25, -0.2) is 4.79 Å². The van der Waals surface area contributed by atoms with Crippen molar-refractivity contribution in [3.63, 3.8) is 0 Å². The first-order valence-electron chi connectivity index (χ1n) is 14.2. The summed E-state index contributed by atoms with van der Waals surface area (Å²) < 4.78 is 23.1. The lowest BCUT2D eigenvalue weighted by atomic mass is 9.97. The molecule has 5 aromatic carbocycles. The fourth-order valence-corrected chi connectivity index (χ4v) is 4.67. The number of carboxylic acids is 1. The largest absolute Gasteiger partial charge is 0.493 e. The molecule has 0 aromatic heterocycles. The first-order valence-corrected chi connectivity index (χ1v) is 14.2. The molecule has 43 heavy (non-hydrogen) atoms. The second-order valence-corrected chi connectivity index (χ2v) is 9.98. The summed E-state index contributed by atoms with van der Waals surface area (Å²) >= 11 is 0. The number of aliphatic carboxylic acids is 1. The van der Waals surface area contributed by atoms with Crippen LogP contribution in [-0.2, 0) is 16.0 Å². The van der Waals surface area contributed by atoms with Crippen LogP contribution in [0.5, 0.6) is 23.0 Å². The Morgan fingerprint density at radius 3 is 1.91 bits per heavy atom. The van der Waals surface area contributed by atoms with E-state index in [0.29, 0.717) is 19.6 Å². The van der Waals surface area contributed by atoms with Gasteiger partial charge in [0.1, 0.15) is 23.0 Å². The lowest BCUT2D eigenvalue weighted by molar-refractivity contribution is -0.148.